The van der Waals surface area contributed by atoms with Crippen LogP contribution in [0.1, 0.15) is 24.2 Å². The molecule has 1 aromatic carbocycles. The maximum absolute atomic E-state index is 11.7. The highest BCUT2D eigenvalue weighted by Crippen LogP contribution is 2.16. The first-order chi connectivity index (χ1) is 8.43. The normalized spacial score (nSPS) is 9.94. The molecular formula is C11H13N3O4. The minimum Gasteiger partial charge on any atom is -0.273 e. The standard InChI is InChI=1S/C11H13N3O4/c1-7(2)10(15)12-13-11(16)8-5-3-4-6-9(8)14(17)18/h3-7H,1-2H3,(H,12,15)(H,13,16). The molecule has 0 radical (unpaired) electrons. The molecule has 7 nitrogen and oxygen atoms in total. The molecule has 2 amide bonds. The number of amides is 2. The van der Waals surface area contributed by atoms with Gasteiger partial charge in [-0.3, -0.25) is 30.6 Å². The topological polar surface area (TPSA) is 101 Å². The molecule has 0 aliphatic rings. The monoisotopic (exact) mass is 251 g/mol. The number of carbonyl (C=O) groups excluding carboxylic acids is 2. The van der Waals surface area contributed by atoms with Gasteiger partial charge in [0.05, 0.1) is 4.92 Å². The molecule has 0 heterocycles. The van der Waals surface area contributed by atoms with E-state index in [9.17, 15) is 19.7 Å². The number of nitro groups is 1. The molecule has 1 aromatic rings. The van der Waals surface area contributed by atoms with Crippen molar-refractivity contribution in [3.05, 3.63) is 39.9 Å². The Kier molecular flexibility index (Phi) is 4.36. The number of hydrazine groups is 1. The van der Waals surface area contributed by atoms with Crippen LogP contribution in [0.25, 0.3) is 0 Å². The van der Waals surface area contributed by atoms with Crippen molar-refractivity contribution in [2.24, 2.45) is 5.92 Å². The molecule has 0 aromatic heterocycles. The van der Waals surface area contributed by atoms with Crippen LogP contribution >= 0.6 is 0 Å². The summed E-state index contributed by atoms with van der Waals surface area (Å²) in [5.74, 6) is -1.39. The maximum atomic E-state index is 11.7. The highest BCUT2D eigenvalue weighted by Gasteiger charge is 2.19. The number of hydrogen-bond acceptors (Lipinski definition) is 4. The Balaban J connectivity index is 2.79. The highest BCUT2D eigenvalue weighted by atomic mass is 16.6. The van der Waals surface area contributed by atoms with Gasteiger partial charge < -0.3 is 0 Å². The predicted octanol–water partition coefficient (Wildman–Crippen LogP) is 1.01. The van der Waals surface area contributed by atoms with E-state index in [1.54, 1.807) is 13.8 Å². The number of hydrogen-bond donors (Lipinski definition) is 2. The van der Waals surface area contributed by atoms with E-state index in [-0.39, 0.29) is 23.1 Å². The molecule has 96 valence electrons. The second-order valence-electron chi connectivity index (χ2n) is 3.87. The van der Waals surface area contributed by atoms with E-state index in [0.29, 0.717) is 0 Å². The van der Waals surface area contributed by atoms with Gasteiger partial charge in [0.1, 0.15) is 5.56 Å². The third-order valence-electron chi connectivity index (χ3n) is 2.17. The van der Waals surface area contributed by atoms with Gasteiger partial charge in [0.15, 0.2) is 0 Å². The van der Waals surface area contributed by atoms with Gasteiger partial charge in [0.25, 0.3) is 11.6 Å². The lowest BCUT2D eigenvalue weighted by atomic mass is 10.2. The fourth-order valence-corrected chi connectivity index (χ4v) is 1.15. The molecule has 0 fully saturated rings. The Bertz CT molecular complexity index is 485. The summed E-state index contributed by atoms with van der Waals surface area (Å²) in [6.07, 6.45) is 0. The maximum Gasteiger partial charge on any atom is 0.282 e. The van der Waals surface area contributed by atoms with Gasteiger partial charge in [-0.25, -0.2) is 0 Å². The van der Waals surface area contributed by atoms with Gasteiger partial charge >= 0.3 is 0 Å². The van der Waals surface area contributed by atoms with Gasteiger partial charge in [-0.1, -0.05) is 26.0 Å². The smallest absolute Gasteiger partial charge is 0.273 e. The van der Waals surface area contributed by atoms with Crippen molar-refractivity contribution in [2.75, 3.05) is 0 Å². The number of carbonyl (C=O) groups is 2. The number of nitrogens with one attached hydrogen (secondary N) is 2. The molecule has 7 heteroatoms. The number of rotatable bonds is 3. The number of nitro benzene ring substituents is 1. The minimum atomic E-state index is -0.726. The van der Waals surface area contributed by atoms with E-state index in [4.69, 9.17) is 0 Å². The Morgan fingerprint density at radius 2 is 1.83 bits per heavy atom. The molecule has 18 heavy (non-hydrogen) atoms. The molecule has 0 spiro atoms. The van der Waals surface area contributed by atoms with Gasteiger partial charge in [-0.05, 0) is 6.07 Å². The van der Waals surface area contributed by atoms with Crippen LogP contribution < -0.4 is 10.9 Å². The highest BCUT2D eigenvalue weighted by molar-refractivity contribution is 5.99. The lowest BCUT2D eigenvalue weighted by Gasteiger charge is -2.09. The molecule has 1 rings (SSSR count). The average Bonchev–Trinajstić information content (AvgIpc) is 2.35. The number of benzene rings is 1. The van der Waals surface area contributed by atoms with Crippen molar-refractivity contribution >= 4 is 17.5 Å². The molecule has 0 saturated carbocycles. The van der Waals surface area contributed by atoms with Crippen LogP contribution in [0.4, 0.5) is 5.69 Å². The van der Waals surface area contributed by atoms with Crippen LogP contribution in [-0.4, -0.2) is 16.7 Å². The van der Waals surface area contributed by atoms with E-state index in [2.05, 4.69) is 10.9 Å². The first kappa shape index (κ1) is 13.6. The molecule has 0 aliphatic carbocycles. The van der Waals surface area contributed by atoms with Gasteiger partial charge in [-0.15, -0.1) is 0 Å². The number of nitrogens with zero attached hydrogens (tertiary/aromatic N) is 1. The van der Waals surface area contributed by atoms with Crippen LogP contribution in [0.5, 0.6) is 0 Å². The zero-order valence-electron chi connectivity index (χ0n) is 9.97. The van der Waals surface area contributed by atoms with E-state index in [0.717, 1.165) is 0 Å². The lowest BCUT2D eigenvalue weighted by Crippen LogP contribution is -2.43. The van der Waals surface area contributed by atoms with Crippen molar-refractivity contribution < 1.29 is 14.5 Å². The predicted molar refractivity (Wildman–Crippen MR) is 63.5 cm³/mol. The van der Waals surface area contributed by atoms with Crippen LogP contribution in [0, 0.1) is 16.0 Å². The molecular weight excluding hydrogens is 238 g/mol. The molecule has 0 bridgehead atoms. The molecule has 0 saturated heterocycles. The van der Waals surface area contributed by atoms with Gasteiger partial charge in [0, 0.05) is 12.0 Å². The van der Waals surface area contributed by atoms with Crippen molar-refractivity contribution in [3.63, 3.8) is 0 Å². The van der Waals surface area contributed by atoms with E-state index >= 15 is 0 Å². The van der Waals surface area contributed by atoms with Gasteiger partial charge in [-0.2, -0.15) is 0 Å². The first-order valence-corrected chi connectivity index (χ1v) is 5.27. The van der Waals surface area contributed by atoms with Crippen LogP contribution in [-0.2, 0) is 4.79 Å². The van der Waals surface area contributed by atoms with E-state index in [1.165, 1.54) is 24.3 Å². The SMILES string of the molecule is CC(C)C(=O)NNC(=O)c1ccccc1[N+](=O)[O-]. The zero-order valence-corrected chi connectivity index (χ0v) is 9.97. The third kappa shape index (κ3) is 3.27. The summed E-state index contributed by atoms with van der Waals surface area (Å²) in [7, 11) is 0. The summed E-state index contributed by atoms with van der Waals surface area (Å²) in [5, 5.41) is 10.7. The minimum absolute atomic E-state index is 0.105. The van der Waals surface area contributed by atoms with Crippen LogP contribution in [0.15, 0.2) is 24.3 Å². The average molecular weight is 251 g/mol. The van der Waals surface area contributed by atoms with Crippen LogP contribution in [0.2, 0.25) is 0 Å². The van der Waals surface area contributed by atoms with Crippen molar-refractivity contribution in [2.45, 2.75) is 13.8 Å². The second kappa shape index (κ2) is 5.76. The Labute approximate surface area is 103 Å². The summed E-state index contributed by atoms with van der Waals surface area (Å²) >= 11 is 0. The molecule has 0 unspecified atom stereocenters. The summed E-state index contributed by atoms with van der Waals surface area (Å²) in [5.41, 5.74) is 3.90. The first-order valence-electron chi connectivity index (χ1n) is 5.27. The Morgan fingerprint density at radius 3 is 2.39 bits per heavy atom. The zero-order chi connectivity index (χ0) is 13.7. The Hall–Kier alpha value is -2.44. The Morgan fingerprint density at radius 1 is 1.22 bits per heavy atom. The molecule has 2 N–H and O–H groups in total. The van der Waals surface area contributed by atoms with Gasteiger partial charge in [0.2, 0.25) is 5.91 Å². The summed E-state index contributed by atoms with van der Waals surface area (Å²) in [4.78, 5) is 33.0. The van der Waals surface area contributed by atoms with E-state index < -0.39 is 10.8 Å². The van der Waals surface area contributed by atoms with Crippen molar-refractivity contribution in [1.82, 2.24) is 10.9 Å². The summed E-state index contributed by atoms with van der Waals surface area (Å²) in [6.45, 7) is 3.32. The molecule has 0 atom stereocenters. The summed E-state index contributed by atoms with van der Waals surface area (Å²) in [6, 6.07) is 5.50. The summed E-state index contributed by atoms with van der Waals surface area (Å²) < 4.78 is 0. The third-order valence-corrected chi connectivity index (χ3v) is 2.17. The quantitative estimate of drug-likeness (QED) is 0.618. The van der Waals surface area contributed by atoms with E-state index in [1.807, 2.05) is 0 Å². The fourth-order valence-electron chi connectivity index (χ4n) is 1.15. The number of para-hydroxylation sites is 1. The molecule has 0 aliphatic heterocycles. The van der Waals surface area contributed by atoms with Crippen molar-refractivity contribution in [1.29, 1.82) is 0 Å². The lowest BCUT2D eigenvalue weighted by molar-refractivity contribution is -0.385. The largest absolute Gasteiger partial charge is 0.282 e. The van der Waals surface area contributed by atoms with Crippen LogP contribution in [0.3, 0.4) is 0 Å². The second-order valence-corrected chi connectivity index (χ2v) is 3.87. The van der Waals surface area contributed by atoms with Crippen molar-refractivity contribution in [3.8, 4) is 0 Å². The fraction of sp³-hybridized carbons (Fsp3) is 0.273.